The van der Waals surface area contributed by atoms with Gasteiger partial charge in [0, 0.05) is 30.9 Å². The molecule has 1 aliphatic heterocycles. The number of rotatable bonds is 12. The van der Waals surface area contributed by atoms with Crippen LogP contribution in [0.5, 0.6) is 0 Å². The van der Waals surface area contributed by atoms with Gasteiger partial charge in [0.05, 0.1) is 25.9 Å². The molecule has 3 amide bonds. The lowest BCUT2D eigenvalue weighted by atomic mass is 9.84. The summed E-state index contributed by atoms with van der Waals surface area (Å²) in [6, 6.07) is 30.8. The van der Waals surface area contributed by atoms with Crippen LogP contribution in [0, 0.1) is 0 Å². The summed E-state index contributed by atoms with van der Waals surface area (Å²) in [5.41, 5.74) is 5.08. The molecule has 264 valence electrons. The molecule has 51 heavy (non-hydrogen) atoms. The third kappa shape index (κ3) is 8.87. The minimum atomic E-state index is -0.971. The Hall–Kier alpha value is -5.79. The van der Waals surface area contributed by atoms with Gasteiger partial charge in [0.1, 0.15) is 23.7 Å². The molecular weight excluding hydrogens is 652 g/mol. The van der Waals surface area contributed by atoms with Crippen molar-refractivity contribution in [1.82, 2.24) is 20.9 Å². The lowest BCUT2D eigenvalue weighted by Gasteiger charge is -2.31. The molecule has 2 heterocycles. The van der Waals surface area contributed by atoms with Crippen LogP contribution >= 0.6 is 0 Å². The van der Waals surface area contributed by atoms with E-state index in [1.165, 1.54) is 12.0 Å². The van der Waals surface area contributed by atoms with Crippen LogP contribution in [0.3, 0.4) is 0 Å². The maximum atomic E-state index is 14.1. The first kappa shape index (κ1) is 35.1. The second-order valence-corrected chi connectivity index (χ2v) is 12.2. The van der Waals surface area contributed by atoms with Crippen molar-refractivity contribution in [1.29, 1.82) is 0 Å². The zero-order valence-corrected chi connectivity index (χ0v) is 28.4. The number of benzene rings is 4. The van der Waals surface area contributed by atoms with Crippen LogP contribution in [0.25, 0.3) is 11.0 Å². The largest absolute Gasteiger partial charge is 0.453 e. The summed E-state index contributed by atoms with van der Waals surface area (Å²) >= 11 is 0. The molecule has 13 nitrogen and oxygen atoms in total. The predicted molar refractivity (Wildman–Crippen MR) is 191 cm³/mol. The lowest BCUT2D eigenvalue weighted by Crippen LogP contribution is -2.49. The van der Waals surface area contributed by atoms with Crippen molar-refractivity contribution in [3.63, 3.8) is 0 Å². The Bertz CT molecular complexity index is 1870. The van der Waals surface area contributed by atoms with Gasteiger partial charge in [-0.15, -0.1) is 0 Å². The topological polar surface area (TPSA) is 157 Å². The summed E-state index contributed by atoms with van der Waals surface area (Å²) in [6.07, 6.45) is 0.0328. The number of para-hydroxylation sites is 1. The first-order valence-electron chi connectivity index (χ1n) is 16.7. The van der Waals surface area contributed by atoms with Gasteiger partial charge in [-0.3, -0.25) is 9.69 Å². The molecule has 1 aromatic heterocycles. The van der Waals surface area contributed by atoms with Crippen LogP contribution in [-0.4, -0.2) is 80.5 Å². The highest BCUT2D eigenvalue weighted by Gasteiger charge is 2.33. The van der Waals surface area contributed by atoms with Gasteiger partial charge >= 0.3 is 12.2 Å². The summed E-state index contributed by atoms with van der Waals surface area (Å²) < 4.78 is 21.3. The quantitative estimate of drug-likeness (QED) is 0.157. The Balaban J connectivity index is 1.04. The zero-order chi connectivity index (χ0) is 35.6. The predicted octanol–water partition coefficient (Wildman–Crippen LogP) is 5.28. The molecule has 1 fully saturated rings. The van der Waals surface area contributed by atoms with Gasteiger partial charge in [-0.1, -0.05) is 78.9 Å². The van der Waals surface area contributed by atoms with E-state index in [1.807, 2.05) is 84.9 Å². The van der Waals surface area contributed by atoms with Crippen LogP contribution in [0.4, 0.5) is 21.0 Å². The molecule has 0 saturated carbocycles. The molecular formula is C38H40N6O7. The van der Waals surface area contributed by atoms with Crippen molar-refractivity contribution < 1.29 is 33.2 Å². The van der Waals surface area contributed by atoms with E-state index in [0.29, 0.717) is 48.4 Å². The Morgan fingerprint density at radius 1 is 0.922 bits per heavy atom. The van der Waals surface area contributed by atoms with Crippen molar-refractivity contribution in [3.8, 4) is 0 Å². The molecule has 0 aliphatic carbocycles. The van der Waals surface area contributed by atoms with Crippen molar-refractivity contribution in [2.75, 3.05) is 44.1 Å². The molecule has 1 aliphatic rings. The molecule has 6 rings (SSSR count). The fraction of sp³-hybridized carbons (Fsp3) is 0.289. The number of morpholine rings is 1. The molecule has 3 atom stereocenters. The molecule has 5 aromatic rings. The Morgan fingerprint density at radius 3 is 2.29 bits per heavy atom. The lowest BCUT2D eigenvalue weighted by molar-refractivity contribution is -0.118. The number of aromatic nitrogens is 2. The molecule has 0 spiro atoms. The number of alkyl carbamates (subject to hydrolysis) is 1. The number of fused-ring (bicyclic) bond motifs is 1. The molecule has 0 radical (unpaired) electrons. The number of methoxy groups -OCH3 is 1. The maximum Gasteiger partial charge on any atom is 0.414 e. The summed E-state index contributed by atoms with van der Waals surface area (Å²) in [6.45, 7) is 1.09. The number of hydrogen-bond acceptors (Lipinski definition) is 10. The van der Waals surface area contributed by atoms with Gasteiger partial charge in [-0.25, -0.2) is 14.2 Å². The second-order valence-electron chi connectivity index (χ2n) is 12.2. The number of ether oxygens (including phenoxy) is 3. The first-order valence-corrected chi connectivity index (χ1v) is 16.7. The van der Waals surface area contributed by atoms with E-state index < -0.39 is 24.1 Å². The Kier molecular flexibility index (Phi) is 11.5. The van der Waals surface area contributed by atoms with Crippen molar-refractivity contribution in [2.45, 2.75) is 36.9 Å². The van der Waals surface area contributed by atoms with E-state index in [-0.39, 0.29) is 24.7 Å². The fourth-order valence-electron chi connectivity index (χ4n) is 6.09. The summed E-state index contributed by atoms with van der Waals surface area (Å²) in [4.78, 5) is 40.7. The monoisotopic (exact) mass is 692 g/mol. The molecule has 13 heteroatoms. The third-order valence-electron chi connectivity index (χ3n) is 8.88. The average molecular weight is 693 g/mol. The normalized spacial score (nSPS) is 16.3. The number of aryl methyl sites for hydroxylation is 1. The number of nitrogens with one attached hydrogen (secondary N) is 3. The van der Waals surface area contributed by atoms with Gasteiger partial charge < -0.3 is 30.2 Å². The van der Waals surface area contributed by atoms with Crippen molar-refractivity contribution >= 4 is 40.5 Å². The van der Waals surface area contributed by atoms with Crippen LogP contribution in [0.2, 0.25) is 0 Å². The molecule has 1 saturated heterocycles. The highest BCUT2D eigenvalue weighted by molar-refractivity contribution is 5.98. The number of anilines is 2. The summed E-state index contributed by atoms with van der Waals surface area (Å²) in [7, 11) is 2.90. The van der Waals surface area contributed by atoms with Crippen molar-refractivity contribution in [2.24, 2.45) is 0 Å². The van der Waals surface area contributed by atoms with Gasteiger partial charge in [0.25, 0.3) is 0 Å². The van der Waals surface area contributed by atoms with Crippen molar-refractivity contribution in [3.05, 3.63) is 120 Å². The first-order chi connectivity index (χ1) is 24.9. The number of carbonyl (C=O) groups excluding carboxylic acids is 3. The molecule has 0 bridgehead atoms. The SMILES string of the molecule is COC(=O)N[C@H](C(=O)Nc1ccccc1CC[C@@H]1CN[C@H](COC(=O)N(C)c2ccc3nonc3c2)CO1)C(c1ccccc1)c1ccccc1. The van der Waals surface area contributed by atoms with E-state index in [4.69, 9.17) is 18.8 Å². The fourth-order valence-corrected chi connectivity index (χ4v) is 6.09. The van der Waals surface area contributed by atoms with E-state index in [9.17, 15) is 14.4 Å². The summed E-state index contributed by atoms with van der Waals surface area (Å²) in [5, 5.41) is 16.9. The van der Waals surface area contributed by atoms with Crippen LogP contribution in [-0.2, 0) is 25.4 Å². The van der Waals surface area contributed by atoms with Gasteiger partial charge in [-0.05, 0) is 64.1 Å². The average Bonchev–Trinajstić information content (AvgIpc) is 3.65. The van der Waals surface area contributed by atoms with E-state index in [0.717, 1.165) is 16.7 Å². The zero-order valence-electron chi connectivity index (χ0n) is 28.4. The smallest absolute Gasteiger partial charge is 0.414 e. The van der Waals surface area contributed by atoms with Gasteiger partial charge in [0.2, 0.25) is 5.91 Å². The highest BCUT2D eigenvalue weighted by Crippen LogP contribution is 2.30. The second kappa shape index (κ2) is 16.7. The standard InChI is InChI=1S/C38H40N6O7/c1-44(29-18-20-32-33(21-29)43-51-42-32)38(47)50-24-28-23-49-30(22-39-28)19-17-25-11-9-10-16-31(25)40-36(45)35(41-37(46)48-2)34(26-12-5-3-6-13-26)27-14-7-4-8-15-27/h3-16,18,20-21,28,30,34-35,39H,17,19,22-24H2,1-2H3,(H,40,45)(H,41,46)/t28-,30+,35-/m0/s1. The third-order valence-corrected chi connectivity index (χ3v) is 8.88. The molecule has 3 N–H and O–H groups in total. The van der Waals surface area contributed by atoms with Crippen LogP contribution < -0.4 is 20.9 Å². The number of amides is 3. The minimum absolute atomic E-state index is 0.0829. The number of nitrogens with zero attached hydrogens (tertiary/aromatic N) is 3. The number of hydrogen-bond donors (Lipinski definition) is 3. The van der Waals surface area contributed by atoms with Gasteiger partial charge in [-0.2, -0.15) is 0 Å². The maximum absolute atomic E-state index is 14.1. The number of carbonyl (C=O) groups is 3. The highest BCUT2D eigenvalue weighted by atomic mass is 16.6. The van der Waals surface area contributed by atoms with E-state index in [1.54, 1.807) is 25.2 Å². The Morgan fingerprint density at radius 2 is 1.61 bits per heavy atom. The molecule has 0 unspecified atom stereocenters. The minimum Gasteiger partial charge on any atom is -0.453 e. The Labute approximate surface area is 295 Å². The van der Waals surface area contributed by atoms with Gasteiger partial charge in [0.15, 0.2) is 0 Å². The summed E-state index contributed by atoms with van der Waals surface area (Å²) in [5.74, 6) is -0.853. The van der Waals surface area contributed by atoms with E-state index >= 15 is 0 Å². The van der Waals surface area contributed by atoms with E-state index in [2.05, 4.69) is 26.3 Å². The van der Waals surface area contributed by atoms with Crippen LogP contribution in [0.1, 0.15) is 29.0 Å². The molecule has 4 aromatic carbocycles. The van der Waals surface area contributed by atoms with Crippen LogP contribution in [0.15, 0.2) is 108 Å².